The van der Waals surface area contributed by atoms with Gasteiger partial charge in [0.25, 0.3) is 0 Å². The third-order valence-corrected chi connectivity index (χ3v) is 2.64. The van der Waals surface area contributed by atoms with Gasteiger partial charge in [-0.3, -0.25) is 0 Å². The zero-order valence-corrected chi connectivity index (χ0v) is 11.2. The van der Waals surface area contributed by atoms with Crippen molar-refractivity contribution >= 4 is 0 Å². The summed E-state index contributed by atoms with van der Waals surface area (Å²) in [6.45, 7) is -1.73. The molecule has 0 bridgehead atoms. The zero-order valence-electron chi connectivity index (χ0n) is 11.2. The van der Waals surface area contributed by atoms with Crippen LogP contribution in [-0.4, -0.2) is 30.0 Å². The van der Waals surface area contributed by atoms with Gasteiger partial charge in [0.15, 0.2) is 0 Å². The van der Waals surface area contributed by atoms with Crippen molar-refractivity contribution in [3.05, 3.63) is 47.7 Å². The molecule has 1 unspecified atom stereocenters. The fraction of sp³-hybridized carbons (Fsp3) is 0.385. The van der Waals surface area contributed by atoms with Gasteiger partial charge in [0, 0.05) is 0 Å². The molecule has 0 saturated heterocycles. The van der Waals surface area contributed by atoms with Crippen LogP contribution >= 0.6 is 0 Å². The monoisotopic (exact) mass is 301 g/mol. The number of hydrogen-bond acceptors (Lipinski definition) is 5. The van der Waals surface area contributed by atoms with Crippen LogP contribution in [-0.2, 0) is 11.3 Å². The predicted molar refractivity (Wildman–Crippen MR) is 67.4 cm³/mol. The Labute approximate surface area is 119 Å². The second-order valence-electron chi connectivity index (χ2n) is 4.27. The molecule has 1 atom stereocenters. The number of rotatable bonds is 6. The summed E-state index contributed by atoms with van der Waals surface area (Å²) in [5, 5.41) is 10.5. The van der Waals surface area contributed by atoms with Crippen molar-refractivity contribution in [3.8, 4) is 0 Å². The molecule has 1 N–H and O–H groups in total. The molecule has 1 aromatic heterocycles. The lowest BCUT2D eigenvalue weighted by Crippen LogP contribution is -2.18. The molecule has 1 aromatic carbocycles. The van der Waals surface area contributed by atoms with Crippen LogP contribution in [0.2, 0.25) is 0 Å². The maximum Gasteiger partial charge on any atom is 0.411 e. The molecule has 2 aromatic rings. The summed E-state index contributed by atoms with van der Waals surface area (Å²) < 4.78 is 45.7. The highest BCUT2D eigenvalue weighted by Gasteiger charge is 2.28. The zero-order chi connectivity index (χ0) is 15.3. The second kappa shape index (κ2) is 6.68. The highest BCUT2D eigenvalue weighted by atomic mass is 19.4. The summed E-state index contributed by atoms with van der Waals surface area (Å²) in [5.41, 5.74) is 0.909. The Morgan fingerprint density at radius 2 is 1.95 bits per heavy atom. The van der Waals surface area contributed by atoms with Crippen LogP contribution in [0.4, 0.5) is 13.2 Å². The highest BCUT2D eigenvalue weighted by Crippen LogP contribution is 2.21. The third kappa shape index (κ3) is 4.54. The molecule has 0 fully saturated rings. The lowest BCUT2D eigenvalue weighted by molar-refractivity contribution is -0.177. The largest absolute Gasteiger partial charge is 0.421 e. The van der Waals surface area contributed by atoms with E-state index >= 15 is 0 Å². The van der Waals surface area contributed by atoms with E-state index in [0.29, 0.717) is 0 Å². The van der Waals surface area contributed by atoms with E-state index in [-0.39, 0.29) is 24.4 Å². The quantitative estimate of drug-likeness (QED) is 0.888. The first-order valence-corrected chi connectivity index (χ1v) is 6.18. The highest BCUT2D eigenvalue weighted by molar-refractivity contribution is 5.23. The summed E-state index contributed by atoms with van der Waals surface area (Å²) >= 11 is 0. The van der Waals surface area contributed by atoms with Gasteiger partial charge in [-0.05, 0) is 12.6 Å². The topological polar surface area (TPSA) is 60.2 Å². The smallest absolute Gasteiger partial charge is 0.411 e. The van der Waals surface area contributed by atoms with Crippen molar-refractivity contribution in [1.29, 1.82) is 0 Å². The Hall–Kier alpha value is -1.93. The molecule has 0 aliphatic rings. The van der Waals surface area contributed by atoms with Crippen molar-refractivity contribution in [2.45, 2.75) is 18.8 Å². The van der Waals surface area contributed by atoms with Crippen LogP contribution in [0, 0.1) is 0 Å². The summed E-state index contributed by atoms with van der Waals surface area (Å²) in [6.07, 6.45) is -4.37. The second-order valence-corrected chi connectivity index (χ2v) is 4.27. The van der Waals surface area contributed by atoms with Crippen molar-refractivity contribution in [1.82, 2.24) is 15.5 Å². The fourth-order valence-electron chi connectivity index (χ4n) is 1.77. The normalized spacial score (nSPS) is 13.3. The number of ether oxygens (including phenoxy) is 1. The maximum absolute atomic E-state index is 12.0. The van der Waals surface area contributed by atoms with Crippen LogP contribution in [0.3, 0.4) is 0 Å². The SMILES string of the molecule is CNC(c1ccccc1)c1nnc(COCC(F)(F)F)o1. The van der Waals surface area contributed by atoms with Crippen LogP contribution in [0.15, 0.2) is 34.7 Å². The van der Waals surface area contributed by atoms with Gasteiger partial charge in [-0.2, -0.15) is 13.2 Å². The summed E-state index contributed by atoms with van der Waals surface area (Å²) in [7, 11) is 1.72. The maximum atomic E-state index is 12.0. The minimum atomic E-state index is -4.37. The van der Waals surface area contributed by atoms with Crippen LogP contribution < -0.4 is 5.32 Å². The molecular weight excluding hydrogens is 287 g/mol. The Balaban J connectivity index is 2.01. The van der Waals surface area contributed by atoms with Gasteiger partial charge in [-0.1, -0.05) is 30.3 Å². The van der Waals surface area contributed by atoms with E-state index < -0.39 is 12.8 Å². The number of nitrogens with one attached hydrogen (secondary N) is 1. The number of hydrogen-bond donors (Lipinski definition) is 1. The van der Waals surface area contributed by atoms with Gasteiger partial charge >= 0.3 is 6.18 Å². The van der Waals surface area contributed by atoms with Crippen molar-refractivity contribution in [2.75, 3.05) is 13.7 Å². The fourth-order valence-corrected chi connectivity index (χ4v) is 1.77. The lowest BCUT2D eigenvalue weighted by atomic mass is 10.1. The molecule has 5 nitrogen and oxygen atoms in total. The predicted octanol–water partition coefficient (Wildman–Crippen LogP) is 2.46. The minimum Gasteiger partial charge on any atom is -0.421 e. The molecule has 0 radical (unpaired) electrons. The molecule has 2 rings (SSSR count). The van der Waals surface area contributed by atoms with E-state index in [0.717, 1.165) is 5.56 Å². The molecule has 0 aliphatic heterocycles. The van der Waals surface area contributed by atoms with E-state index in [1.165, 1.54) is 0 Å². The molecular formula is C13H14F3N3O2. The van der Waals surface area contributed by atoms with Crippen LogP contribution in [0.5, 0.6) is 0 Å². The summed E-state index contributed by atoms with van der Waals surface area (Å²) in [6, 6.07) is 9.04. The van der Waals surface area contributed by atoms with E-state index in [9.17, 15) is 13.2 Å². The van der Waals surface area contributed by atoms with E-state index in [4.69, 9.17) is 4.42 Å². The minimum absolute atomic E-state index is 0.00503. The van der Waals surface area contributed by atoms with Crippen molar-refractivity contribution in [2.24, 2.45) is 0 Å². The number of nitrogens with zero attached hydrogens (tertiary/aromatic N) is 2. The van der Waals surface area contributed by atoms with Crippen LogP contribution in [0.1, 0.15) is 23.4 Å². The molecule has 1 heterocycles. The Morgan fingerprint density at radius 3 is 2.57 bits per heavy atom. The molecule has 114 valence electrons. The number of benzene rings is 1. The average Bonchev–Trinajstić information content (AvgIpc) is 2.88. The summed E-state index contributed by atoms with van der Waals surface area (Å²) in [4.78, 5) is 0. The first-order chi connectivity index (χ1) is 9.99. The molecule has 0 saturated carbocycles. The van der Waals surface area contributed by atoms with Crippen molar-refractivity contribution < 1.29 is 22.3 Å². The van der Waals surface area contributed by atoms with Gasteiger partial charge in [-0.15, -0.1) is 10.2 Å². The van der Waals surface area contributed by atoms with Gasteiger partial charge in [-0.25, -0.2) is 0 Å². The lowest BCUT2D eigenvalue weighted by Gasteiger charge is -2.11. The van der Waals surface area contributed by atoms with Gasteiger partial charge < -0.3 is 14.5 Å². The van der Waals surface area contributed by atoms with Gasteiger partial charge in [0.05, 0.1) is 0 Å². The third-order valence-electron chi connectivity index (χ3n) is 2.64. The van der Waals surface area contributed by atoms with Crippen molar-refractivity contribution in [3.63, 3.8) is 0 Å². The molecule has 21 heavy (non-hydrogen) atoms. The van der Waals surface area contributed by atoms with E-state index in [2.05, 4.69) is 20.3 Å². The van der Waals surface area contributed by atoms with E-state index in [1.807, 2.05) is 30.3 Å². The Morgan fingerprint density at radius 1 is 1.24 bits per heavy atom. The average molecular weight is 301 g/mol. The standard InChI is InChI=1S/C13H14F3N3O2/c1-17-11(9-5-3-2-4-6-9)12-19-18-10(21-12)7-20-8-13(14,15)16/h2-6,11,17H,7-8H2,1H3. The van der Waals surface area contributed by atoms with Crippen LogP contribution in [0.25, 0.3) is 0 Å². The van der Waals surface area contributed by atoms with E-state index in [1.54, 1.807) is 7.05 Å². The Bertz CT molecular complexity index is 557. The number of alkyl halides is 3. The Kier molecular flexibility index (Phi) is 4.92. The number of aromatic nitrogens is 2. The molecule has 0 amide bonds. The molecule has 0 aliphatic carbocycles. The van der Waals surface area contributed by atoms with Gasteiger partial charge in [0.2, 0.25) is 11.8 Å². The van der Waals surface area contributed by atoms with Gasteiger partial charge in [0.1, 0.15) is 19.3 Å². The molecule has 0 spiro atoms. The number of halogens is 3. The first kappa shape index (κ1) is 15.5. The molecule has 8 heteroatoms. The summed E-state index contributed by atoms with van der Waals surface area (Å²) in [5.74, 6) is 0.278. The first-order valence-electron chi connectivity index (χ1n) is 6.18.